The first kappa shape index (κ1) is 17.0. The minimum atomic E-state index is 1.00. The van der Waals surface area contributed by atoms with E-state index in [1.54, 1.807) is 0 Å². The van der Waals surface area contributed by atoms with Crippen LogP contribution in [0.5, 0.6) is 0 Å². The highest BCUT2D eigenvalue weighted by atomic mass is 17.0. The number of rotatable bonds is 0. The first-order chi connectivity index (χ1) is 3.00. The van der Waals surface area contributed by atoms with Crippen molar-refractivity contribution >= 4 is 0 Å². The van der Waals surface area contributed by atoms with Crippen molar-refractivity contribution in [3.63, 3.8) is 0 Å². The fourth-order valence-electron chi connectivity index (χ4n) is 0. The van der Waals surface area contributed by atoms with E-state index in [2.05, 4.69) is 0 Å². The van der Waals surface area contributed by atoms with Crippen molar-refractivity contribution in [3.8, 4) is 0 Å². The summed E-state index contributed by atoms with van der Waals surface area (Å²) >= 11 is 0. The molecule has 0 amide bonds. The molecule has 5 N–H and O–H groups in total. The molecule has 5 nitrogen and oxygen atoms in total. The minimum Gasteiger partial charge on any atom is -0.400 e. The van der Waals surface area contributed by atoms with E-state index in [0.717, 1.165) is 7.11 Å². The molecule has 0 unspecified atom stereocenters. The highest BCUT2D eigenvalue weighted by Gasteiger charge is 0.839. The van der Waals surface area contributed by atoms with Gasteiger partial charge in [-0.2, -0.15) is 0 Å². The third-order valence-electron chi connectivity index (χ3n) is 0. The average Bonchev–Trinajstić information content (AvgIpc) is 1.81. The van der Waals surface area contributed by atoms with E-state index in [4.69, 9.17) is 26.1 Å². The molecule has 0 radical (unpaired) electrons. The van der Waals surface area contributed by atoms with Crippen molar-refractivity contribution in [1.29, 1.82) is 0 Å². The zero-order valence-corrected chi connectivity index (χ0v) is 3.24. The topological polar surface area (TPSA) is 101 Å². The van der Waals surface area contributed by atoms with Gasteiger partial charge >= 0.3 is 0 Å². The minimum absolute atomic E-state index is 1.00. The van der Waals surface area contributed by atoms with Gasteiger partial charge in [-0.3, -0.25) is 21.0 Å². The summed E-state index contributed by atoms with van der Waals surface area (Å²) in [5.41, 5.74) is 0. The van der Waals surface area contributed by atoms with Crippen LogP contribution in [0.1, 0.15) is 0 Å². The molecule has 0 heterocycles. The van der Waals surface area contributed by atoms with Gasteiger partial charge in [-0.1, -0.05) is 0 Å². The monoisotopic (exact) mass is 100 g/mol. The maximum atomic E-state index is 7.00. The molecule has 0 fully saturated rings. The molecule has 0 saturated heterocycles. The van der Waals surface area contributed by atoms with Gasteiger partial charge in [-0.15, -0.1) is 0 Å². The van der Waals surface area contributed by atoms with E-state index in [-0.39, 0.29) is 0 Å². The van der Waals surface area contributed by atoms with Crippen LogP contribution >= 0.6 is 0 Å². The lowest BCUT2D eigenvalue weighted by atomic mass is 11.8. The third-order valence-corrected chi connectivity index (χ3v) is 0. The van der Waals surface area contributed by atoms with Crippen LogP contribution in [0, 0.1) is 0 Å². The lowest BCUT2D eigenvalue weighted by Crippen LogP contribution is -1.29. The Balaban J connectivity index is -0.0000000225. The normalized spacial score (nSPS) is 3.00. The lowest BCUT2D eigenvalue weighted by molar-refractivity contribution is -0.176. The first-order valence-corrected chi connectivity index (χ1v) is 0.847. The molecule has 0 aromatic carbocycles. The fourth-order valence-corrected chi connectivity index (χ4v) is 0. The maximum Gasteiger partial charge on any atom is 0.0319 e. The van der Waals surface area contributed by atoms with Crippen molar-refractivity contribution < 1.29 is 26.1 Å². The summed E-state index contributed by atoms with van der Waals surface area (Å²) in [4.78, 5) is 0. The zero-order chi connectivity index (χ0) is 6.00. The molecule has 42 valence electrons. The highest BCUT2D eigenvalue weighted by molar-refractivity contribution is 3.18. The van der Waals surface area contributed by atoms with E-state index in [9.17, 15) is 0 Å². The van der Waals surface area contributed by atoms with E-state index in [1.807, 2.05) is 0 Å². The highest BCUT2D eigenvalue weighted by Crippen LogP contribution is 0.755. The SMILES string of the molecule is CO.OO.OO. The van der Waals surface area contributed by atoms with Gasteiger partial charge in [0, 0.05) is 7.11 Å². The van der Waals surface area contributed by atoms with Gasteiger partial charge in [0.2, 0.25) is 0 Å². The van der Waals surface area contributed by atoms with Crippen LogP contribution in [-0.2, 0) is 0 Å². The summed E-state index contributed by atoms with van der Waals surface area (Å²) in [6.45, 7) is 0. The molecule has 0 rings (SSSR count). The Bertz CT molecular complexity index is 3.90. The largest absolute Gasteiger partial charge is 0.400 e. The molecule has 0 aliphatic carbocycles. The standard InChI is InChI=1S/CH4O.2H2O2/c3*1-2/h2H,1H3;2*1-2H. The summed E-state index contributed by atoms with van der Waals surface area (Å²) in [5.74, 6) is 0. The van der Waals surface area contributed by atoms with Gasteiger partial charge in [-0.05, 0) is 0 Å². The second-order valence-electron chi connectivity index (χ2n) is 0. The van der Waals surface area contributed by atoms with E-state index >= 15 is 0 Å². The zero-order valence-electron chi connectivity index (χ0n) is 3.24. The van der Waals surface area contributed by atoms with Crippen LogP contribution in [0.2, 0.25) is 0 Å². The van der Waals surface area contributed by atoms with Gasteiger partial charge in [0.25, 0.3) is 0 Å². The van der Waals surface area contributed by atoms with Gasteiger partial charge in [0.15, 0.2) is 0 Å². The Labute approximate surface area is 34.6 Å². The van der Waals surface area contributed by atoms with Crippen LogP contribution in [-0.4, -0.2) is 33.2 Å². The number of hydrogen-bond acceptors (Lipinski definition) is 5. The molecule has 0 aromatic heterocycles. The lowest BCUT2D eigenvalue weighted by Gasteiger charge is -1.25. The van der Waals surface area contributed by atoms with Crippen molar-refractivity contribution in [1.82, 2.24) is 0 Å². The van der Waals surface area contributed by atoms with E-state index < -0.39 is 0 Å². The number of aliphatic hydroxyl groups excluding tert-OH is 1. The van der Waals surface area contributed by atoms with Crippen molar-refractivity contribution in [3.05, 3.63) is 0 Å². The predicted molar refractivity (Wildman–Crippen MR) is 18.7 cm³/mol. The fraction of sp³-hybridized carbons (Fsp3) is 1.00. The summed E-state index contributed by atoms with van der Waals surface area (Å²) in [6, 6.07) is 0. The molecule has 0 aromatic rings. The number of hydrogen-bond donors (Lipinski definition) is 5. The van der Waals surface area contributed by atoms with Crippen molar-refractivity contribution in [2.45, 2.75) is 0 Å². The Morgan fingerprint density at radius 2 is 0.667 bits per heavy atom. The summed E-state index contributed by atoms with van der Waals surface area (Å²) in [7, 11) is 1.00. The molecule has 0 saturated carbocycles. The van der Waals surface area contributed by atoms with Crippen LogP contribution < -0.4 is 0 Å². The summed E-state index contributed by atoms with van der Waals surface area (Å²) in [6.07, 6.45) is 0. The Hall–Kier alpha value is -0.200. The van der Waals surface area contributed by atoms with Gasteiger partial charge in [0.1, 0.15) is 0 Å². The van der Waals surface area contributed by atoms with Crippen molar-refractivity contribution in [2.24, 2.45) is 0 Å². The average molecular weight is 100 g/mol. The van der Waals surface area contributed by atoms with Gasteiger partial charge < -0.3 is 5.11 Å². The molecular formula is CH8O5. The Morgan fingerprint density at radius 1 is 0.667 bits per heavy atom. The molecular weight excluding hydrogens is 92.0 g/mol. The van der Waals surface area contributed by atoms with Gasteiger partial charge in [-0.25, -0.2) is 0 Å². The molecule has 0 bridgehead atoms. The van der Waals surface area contributed by atoms with E-state index in [0.29, 0.717) is 0 Å². The Kier molecular flexibility index (Phi) is 4920. The van der Waals surface area contributed by atoms with E-state index in [1.165, 1.54) is 0 Å². The first-order valence-electron chi connectivity index (χ1n) is 0.847. The summed E-state index contributed by atoms with van der Waals surface area (Å²) < 4.78 is 0. The molecule has 0 aliphatic rings. The third kappa shape index (κ3) is 745. The number of aliphatic hydroxyl groups is 1. The molecule has 0 spiro atoms. The smallest absolute Gasteiger partial charge is 0.0319 e. The quantitative estimate of drug-likeness (QED) is 0.211. The maximum absolute atomic E-state index is 7.00. The summed E-state index contributed by atoms with van der Waals surface area (Å²) in [5, 5.41) is 31.0. The van der Waals surface area contributed by atoms with Crippen LogP contribution in [0.4, 0.5) is 0 Å². The second-order valence-corrected chi connectivity index (χ2v) is 0. The van der Waals surface area contributed by atoms with Crippen LogP contribution in [0.25, 0.3) is 0 Å². The second kappa shape index (κ2) is 1730. The molecule has 5 heteroatoms. The van der Waals surface area contributed by atoms with Crippen molar-refractivity contribution in [2.75, 3.05) is 7.11 Å². The molecule has 0 atom stereocenters. The predicted octanol–water partition coefficient (Wildman–Crippen LogP) is -0.357. The van der Waals surface area contributed by atoms with Crippen LogP contribution in [0.3, 0.4) is 0 Å². The Morgan fingerprint density at radius 3 is 0.667 bits per heavy atom. The molecule has 6 heavy (non-hydrogen) atoms. The van der Waals surface area contributed by atoms with Gasteiger partial charge in [0.05, 0.1) is 0 Å². The molecule has 0 aliphatic heterocycles. The van der Waals surface area contributed by atoms with Crippen LogP contribution in [0.15, 0.2) is 0 Å².